The maximum Gasteiger partial charge on any atom is 0.250 e. The molecular formula is C22H22ClN3O3. The minimum absolute atomic E-state index is 0.0280. The van der Waals surface area contributed by atoms with Crippen LogP contribution in [-0.4, -0.2) is 40.9 Å². The lowest BCUT2D eigenvalue weighted by atomic mass is 9.82. The number of halogens is 1. The number of piperidine rings is 1. The van der Waals surface area contributed by atoms with Crippen LogP contribution in [0.3, 0.4) is 0 Å². The molecule has 1 aromatic carbocycles. The number of nitrogens with zero attached hydrogens (tertiary/aromatic N) is 3. The van der Waals surface area contributed by atoms with Gasteiger partial charge >= 0.3 is 0 Å². The molecule has 2 aromatic rings. The van der Waals surface area contributed by atoms with Crippen molar-refractivity contribution in [2.24, 2.45) is 11.8 Å². The quantitative estimate of drug-likeness (QED) is 0.762. The molecule has 6 nitrogen and oxygen atoms in total. The third-order valence-electron chi connectivity index (χ3n) is 6.40. The number of hydrogen-bond donors (Lipinski definition) is 0. The van der Waals surface area contributed by atoms with Gasteiger partial charge in [-0.3, -0.25) is 14.4 Å². The Morgan fingerprint density at radius 3 is 2.55 bits per heavy atom. The van der Waals surface area contributed by atoms with Crippen LogP contribution in [0.4, 0.5) is 5.69 Å². The summed E-state index contributed by atoms with van der Waals surface area (Å²) in [4.78, 5) is 41.6. The average Bonchev–Trinajstić information content (AvgIpc) is 3.10. The van der Waals surface area contributed by atoms with Gasteiger partial charge in [0.1, 0.15) is 0 Å². The molecule has 3 atom stereocenters. The summed E-state index contributed by atoms with van der Waals surface area (Å²) in [7, 11) is 0. The number of benzene rings is 1. The van der Waals surface area contributed by atoms with Gasteiger partial charge in [-0.25, -0.2) is 0 Å². The van der Waals surface area contributed by atoms with Crippen molar-refractivity contribution in [3.8, 4) is 0 Å². The molecule has 0 saturated carbocycles. The molecule has 2 amide bonds. The van der Waals surface area contributed by atoms with Gasteiger partial charge in [0.05, 0.1) is 5.92 Å². The molecule has 0 radical (unpaired) electrons. The molecule has 1 aromatic heterocycles. The molecule has 7 heteroatoms. The van der Waals surface area contributed by atoms with Crippen molar-refractivity contribution >= 4 is 29.1 Å². The molecule has 0 unspecified atom stereocenters. The SMILES string of the molecule is O=C([C@H]1CC(=O)N(c2ccc(Cl)cc2)C1)N1C[C@@H]2C[C@H](C1)c1cccc(=O)n1C2. The van der Waals surface area contributed by atoms with Crippen LogP contribution in [0.15, 0.2) is 47.3 Å². The number of fused-ring (bicyclic) bond motifs is 4. The zero-order chi connectivity index (χ0) is 20.1. The normalized spacial score (nSPS) is 25.8. The third kappa shape index (κ3) is 3.25. The average molecular weight is 412 g/mol. The molecule has 5 rings (SSSR count). The summed E-state index contributed by atoms with van der Waals surface area (Å²) >= 11 is 5.94. The standard InChI is InChI=1S/C22H22ClN3O3/c23-17-4-6-18(7-5-17)25-13-16(9-21(25)28)22(29)24-10-14-8-15(12-24)19-2-1-3-20(27)26(19)11-14/h1-7,14-16H,8-13H2/t14-,15+,16-/m0/s1. The lowest BCUT2D eigenvalue weighted by molar-refractivity contribution is -0.138. The second-order valence-electron chi connectivity index (χ2n) is 8.32. The van der Waals surface area contributed by atoms with Crippen LogP contribution in [0.2, 0.25) is 5.02 Å². The highest BCUT2D eigenvalue weighted by atomic mass is 35.5. The van der Waals surface area contributed by atoms with E-state index in [-0.39, 0.29) is 41.5 Å². The van der Waals surface area contributed by atoms with Crippen molar-refractivity contribution in [1.82, 2.24) is 9.47 Å². The van der Waals surface area contributed by atoms with Crippen LogP contribution < -0.4 is 10.5 Å². The number of hydrogen-bond acceptors (Lipinski definition) is 3. The van der Waals surface area contributed by atoms with E-state index in [4.69, 9.17) is 11.6 Å². The van der Waals surface area contributed by atoms with E-state index in [1.165, 1.54) is 0 Å². The summed E-state index contributed by atoms with van der Waals surface area (Å²) in [5, 5.41) is 0.618. The second kappa shape index (κ2) is 7.02. The molecule has 0 spiro atoms. The van der Waals surface area contributed by atoms with Gasteiger partial charge in [0.15, 0.2) is 0 Å². The Hall–Kier alpha value is -2.60. The molecule has 150 valence electrons. The van der Waals surface area contributed by atoms with Gasteiger partial charge in [0.25, 0.3) is 5.56 Å². The van der Waals surface area contributed by atoms with E-state index in [0.717, 1.165) is 17.8 Å². The summed E-state index contributed by atoms with van der Waals surface area (Å²) in [5.74, 6) is 0.172. The van der Waals surface area contributed by atoms with Crippen molar-refractivity contribution < 1.29 is 9.59 Å². The van der Waals surface area contributed by atoms with E-state index >= 15 is 0 Å². The van der Waals surface area contributed by atoms with Crippen molar-refractivity contribution in [3.63, 3.8) is 0 Å². The Balaban J connectivity index is 1.32. The first-order chi connectivity index (χ1) is 14.0. The Labute approximate surface area is 173 Å². The molecular weight excluding hydrogens is 390 g/mol. The van der Waals surface area contributed by atoms with Crippen molar-refractivity contribution in [1.29, 1.82) is 0 Å². The summed E-state index contributed by atoms with van der Waals surface area (Å²) < 4.78 is 1.86. The first-order valence-corrected chi connectivity index (χ1v) is 10.4. The van der Waals surface area contributed by atoms with Gasteiger partial charge in [0.2, 0.25) is 11.8 Å². The zero-order valence-electron chi connectivity index (χ0n) is 16.0. The molecule has 3 aliphatic heterocycles. The maximum absolute atomic E-state index is 13.2. The van der Waals surface area contributed by atoms with Gasteiger partial charge in [-0.2, -0.15) is 0 Å². The largest absolute Gasteiger partial charge is 0.341 e. The highest BCUT2D eigenvalue weighted by molar-refractivity contribution is 6.30. The van der Waals surface area contributed by atoms with E-state index < -0.39 is 0 Å². The fourth-order valence-corrected chi connectivity index (χ4v) is 5.20. The minimum Gasteiger partial charge on any atom is -0.341 e. The highest BCUT2D eigenvalue weighted by Gasteiger charge is 2.41. The lowest BCUT2D eigenvalue weighted by Crippen LogP contribution is -2.50. The van der Waals surface area contributed by atoms with Crippen LogP contribution in [0.5, 0.6) is 0 Å². The summed E-state index contributed by atoms with van der Waals surface area (Å²) in [6.07, 6.45) is 1.25. The van der Waals surface area contributed by atoms with E-state index in [0.29, 0.717) is 31.2 Å². The van der Waals surface area contributed by atoms with E-state index in [9.17, 15) is 14.4 Å². The number of pyridine rings is 1. The predicted molar refractivity (Wildman–Crippen MR) is 110 cm³/mol. The summed E-state index contributed by atoms with van der Waals surface area (Å²) in [6.45, 7) is 2.34. The van der Waals surface area contributed by atoms with Gasteiger partial charge in [-0.05, 0) is 42.7 Å². The van der Waals surface area contributed by atoms with Crippen LogP contribution in [0.25, 0.3) is 0 Å². The van der Waals surface area contributed by atoms with Crippen molar-refractivity contribution in [2.75, 3.05) is 24.5 Å². The number of likely N-dealkylation sites (tertiary alicyclic amines) is 1. The first-order valence-electron chi connectivity index (χ1n) is 10.0. The van der Waals surface area contributed by atoms with Gasteiger partial charge in [0, 0.05) is 61.0 Å². The maximum atomic E-state index is 13.2. The number of anilines is 1. The third-order valence-corrected chi connectivity index (χ3v) is 6.66. The van der Waals surface area contributed by atoms with Crippen LogP contribution >= 0.6 is 11.6 Å². The van der Waals surface area contributed by atoms with E-state index in [2.05, 4.69) is 0 Å². The van der Waals surface area contributed by atoms with Crippen LogP contribution in [-0.2, 0) is 16.1 Å². The van der Waals surface area contributed by atoms with E-state index in [1.54, 1.807) is 29.2 Å². The monoisotopic (exact) mass is 411 g/mol. The number of rotatable bonds is 2. The number of carbonyl (C=O) groups is 2. The number of amides is 2. The summed E-state index contributed by atoms with van der Waals surface area (Å²) in [6, 6.07) is 12.5. The Kier molecular flexibility index (Phi) is 4.46. The van der Waals surface area contributed by atoms with Gasteiger partial charge < -0.3 is 14.4 Å². The number of carbonyl (C=O) groups excluding carboxylic acids is 2. The fourth-order valence-electron chi connectivity index (χ4n) is 5.08. The second-order valence-corrected chi connectivity index (χ2v) is 8.76. The highest BCUT2D eigenvalue weighted by Crippen LogP contribution is 2.36. The summed E-state index contributed by atoms with van der Waals surface area (Å²) in [5.41, 5.74) is 1.84. The van der Waals surface area contributed by atoms with E-state index in [1.807, 2.05) is 27.7 Å². The first kappa shape index (κ1) is 18.4. The molecule has 0 aliphatic carbocycles. The van der Waals surface area contributed by atoms with Crippen molar-refractivity contribution in [3.05, 3.63) is 63.5 Å². The molecule has 2 saturated heterocycles. The topological polar surface area (TPSA) is 62.6 Å². The molecule has 2 fully saturated rings. The Morgan fingerprint density at radius 1 is 0.966 bits per heavy atom. The molecule has 4 heterocycles. The van der Waals surface area contributed by atoms with Gasteiger partial charge in [-0.1, -0.05) is 17.7 Å². The molecule has 2 bridgehead atoms. The Morgan fingerprint density at radius 2 is 1.76 bits per heavy atom. The van der Waals surface area contributed by atoms with Gasteiger partial charge in [-0.15, -0.1) is 0 Å². The predicted octanol–water partition coefficient (Wildman–Crippen LogP) is 2.50. The van der Waals surface area contributed by atoms with Crippen LogP contribution in [0, 0.1) is 11.8 Å². The number of aromatic nitrogens is 1. The molecule has 3 aliphatic rings. The molecule has 0 N–H and O–H groups in total. The minimum atomic E-state index is -0.324. The zero-order valence-corrected chi connectivity index (χ0v) is 16.7. The fraction of sp³-hybridized carbons (Fsp3) is 0.409. The molecule has 29 heavy (non-hydrogen) atoms. The Bertz CT molecular complexity index is 1030. The smallest absolute Gasteiger partial charge is 0.250 e. The van der Waals surface area contributed by atoms with Crippen LogP contribution in [0.1, 0.15) is 24.5 Å². The van der Waals surface area contributed by atoms with Crippen molar-refractivity contribution in [2.45, 2.75) is 25.3 Å². The lowest BCUT2D eigenvalue weighted by Gasteiger charge is -2.43.